The van der Waals surface area contributed by atoms with E-state index in [1.807, 2.05) is 13.0 Å². The molecule has 0 bridgehead atoms. The van der Waals surface area contributed by atoms with E-state index in [0.717, 1.165) is 22.9 Å². The van der Waals surface area contributed by atoms with Gasteiger partial charge in [0.15, 0.2) is 0 Å². The number of pyridine rings is 1. The molecule has 0 saturated carbocycles. The molecule has 0 aliphatic rings. The first-order chi connectivity index (χ1) is 9.13. The molecule has 0 unspecified atom stereocenters. The molecule has 19 heavy (non-hydrogen) atoms. The largest absolute Gasteiger partial charge is 0.311 e. The lowest BCUT2D eigenvalue weighted by Crippen LogP contribution is -2.12. The molecule has 0 aromatic carbocycles. The number of nitrogens with one attached hydrogen (secondary N) is 1. The third-order valence-corrected chi connectivity index (χ3v) is 3.90. The molecule has 1 aromatic heterocycles. The highest BCUT2D eigenvalue weighted by Gasteiger charge is 2.04. The van der Waals surface area contributed by atoms with E-state index in [1.165, 1.54) is 25.7 Å². The Labute approximate surface area is 124 Å². The molecule has 1 aromatic rings. The molecule has 4 heteroatoms. The van der Waals surface area contributed by atoms with Gasteiger partial charge in [0.05, 0.1) is 0 Å². The average Bonchev–Trinajstić information content (AvgIpc) is 2.38. The van der Waals surface area contributed by atoms with Crippen LogP contribution >= 0.6 is 15.9 Å². The van der Waals surface area contributed by atoms with E-state index in [-0.39, 0.29) is 5.91 Å². The van der Waals surface area contributed by atoms with Crippen LogP contribution in [0.5, 0.6) is 0 Å². The SMILES string of the molecule is CCCCCCCCC(=O)Nc1cc(C)c(Br)cn1. The summed E-state index contributed by atoms with van der Waals surface area (Å²) in [5.74, 6) is 0.696. The van der Waals surface area contributed by atoms with Gasteiger partial charge >= 0.3 is 0 Å². The quantitative estimate of drug-likeness (QED) is 0.694. The molecule has 0 aliphatic heterocycles. The molecule has 3 nitrogen and oxygen atoms in total. The fourth-order valence-electron chi connectivity index (χ4n) is 1.88. The van der Waals surface area contributed by atoms with Crippen molar-refractivity contribution in [3.63, 3.8) is 0 Å². The van der Waals surface area contributed by atoms with Crippen molar-refractivity contribution in [3.8, 4) is 0 Å². The van der Waals surface area contributed by atoms with Crippen LogP contribution in [0, 0.1) is 6.92 Å². The van der Waals surface area contributed by atoms with Crippen LogP contribution < -0.4 is 5.32 Å². The highest BCUT2D eigenvalue weighted by atomic mass is 79.9. The Morgan fingerprint density at radius 1 is 1.26 bits per heavy atom. The van der Waals surface area contributed by atoms with E-state index in [4.69, 9.17) is 0 Å². The van der Waals surface area contributed by atoms with Gasteiger partial charge in [0, 0.05) is 17.1 Å². The van der Waals surface area contributed by atoms with Gasteiger partial charge in [0.25, 0.3) is 0 Å². The van der Waals surface area contributed by atoms with Crippen LogP contribution in [0.4, 0.5) is 5.82 Å². The zero-order chi connectivity index (χ0) is 14.1. The lowest BCUT2D eigenvalue weighted by atomic mass is 10.1. The predicted molar refractivity (Wildman–Crippen MR) is 83.3 cm³/mol. The number of anilines is 1. The van der Waals surface area contributed by atoms with Crippen LogP contribution in [0.1, 0.15) is 57.4 Å². The summed E-state index contributed by atoms with van der Waals surface area (Å²) in [7, 11) is 0. The number of aromatic nitrogens is 1. The standard InChI is InChI=1S/C15H23BrN2O/c1-3-4-5-6-7-8-9-15(19)18-14-10-12(2)13(16)11-17-14/h10-11H,3-9H2,1-2H3,(H,17,18,19). The summed E-state index contributed by atoms with van der Waals surface area (Å²) >= 11 is 3.39. The second-order valence-electron chi connectivity index (χ2n) is 4.88. The van der Waals surface area contributed by atoms with Gasteiger partial charge in [-0.25, -0.2) is 4.98 Å². The molecule has 0 fully saturated rings. The van der Waals surface area contributed by atoms with E-state index in [1.54, 1.807) is 6.20 Å². The minimum Gasteiger partial charge on any atom is -0.311 e. The van der Waals surface area contributed by atoms with Gasteiger partial charge in [-0.05, 0) is 40.9 Å². The lowest BCUT2D eigenvalue weighted by molar-refractivity contribution is -0.116. The number of hydrogen-bond acceptors (Lipinski definition) is 2. The number of unbranched alkanes of at least 4 members (excludes halogenated alkanes) is 5. The van der Waals surface area contributed by atoms with Crippen molar-refractivity contribution >= 4 is 27.7 Å². The maximum atomic E-state index is 11.7. The highest BCUT2D eigenvalue weighted by Crippen LogP contribution is 2.17. The lowest BCUT2D eigenvalue weighted by Gasteiger charge is -2.06. The number of amides is 1. The van der Waals surface area contributed by atoms with Crippen molar-refractivity contribution < 1.29 is 4.79 Å². The van der Waals surface area contributed by atoms with E-state index in [2.05, 4.69) is 33.2 Å². The number of aryl methyl sites for hydroxylation is 1. The Morgan fingerprint density at radius 3 is 2.63 bits per heavy atom. The molecule has 1 N–H and O–H groups in total. The minimum absolute atomic E-state index is 0.0599. The first-order valence-electron chi connectivity index (χ1n) is 7.05. The van der Waals surface area contributed by atoms with Gasteiger partial charge in [-0.1, -0.05) is 39.0 Å². The summed E-state index contributed by atoms with van der Waals surface area (Å²) in [4.78, 5) is 15.9. The molecule has 0 spiro atoms. The second-order valence-corrected chi connectivity index (χ2v) is 5.74. The van der Waals surface area contributed by atoms with Crippen molar-refractivity contribution in [1.82, 2.24) is 4.98 Å². The van der Waals surface area contributed by atoms with Gasteiger partial charge in [0.2, 0.25) is 5.91 Å². The van der Waals surface area contributed by atoms with Crippen molar-refractivity contribution in [3.05, 3.63) is 22.3 Å². The van der Waals surface area contributed by atoms with Gasteiger partial charge in [-0.15, -0.1) is 0 Å². The number of carbonyl (C=O) groups is 1. The number of carbonyl (C=O) groups excluding carboxylic acids is 1. The molecule has 0 aliphatic carbocycles. The summed E-state index contributed by atoms with van der Waals surface area (Å²) in [5.41, 5.74) is 1.07. The third kappa shape index (κ3) is 6.71. The summed E-state index contributed by atoms with van der Waals surface area (Å²) < 4.78 is 0.960. The van der Waals surface area contributed by atoms with Crippen molar-refractivity contribution in [2.75, 3.05) is 5.32 Å². The molecule has 1 rings (SSSR count). The maximum Gasteiger partial charge on any atom is 0.225 e. The van der Waals surface area contributed by atoms with Crippen molar-refractivity contribution in [2.45, 2.75) is 58.8 Å². The normalized spacial score (nSPS) is 10.5. The Morgan fingerprint density at radius 2 is 1.95 bits per heavy atom. The smallest absolute Gasteiger partial charge is 0.225 e. The monoisotopic (exact) mass is 326 g/mol. The van der Waals surface area contributed by atoms with Crippen LogP contribution in [0.15, 0.2) is 16.7 Å². The van der Waals surface area contributed by atoms with Crippen LogP contribution in [0.25, 0.3) is 0 Å². The second kappa shape index (κ2) is 9.08. The summed E-state index contributed by atoms with van der Waals surface area (Å²) in [6.07, 6.45) is 9.48. The van der Waals surface area contributed by atoms with E-state index in [9.17, 15) is 4.79 Å². The Kier molecular flexibility index (Phi) is 7.72. The van der Waals surface area contributed by atoms with Crippen molar-refractivity contribution in [1.29, 1.82) is 0 Å². The minimum atomic E-state index is 0.0599. The molecule has 1 amide bonds. The molecule has 0 atom stereocenters. The number of rotatable bonds is 8. The van der Waals surface area contributed by atoms with Gasteiger partial charge < -0.3 is 5.32 Å². The summed E-state index contributed by atoms with van der Waals surface area (Å²) in [5, 5.41) is 2.84. The Hall–Kier alpha value is -0.900. The van der Waals surface area contributed by atoms with Crippen LogP contribution in [0.3, 0.4) is 0 Å². The topological polar surface area (TPSA) is 42.0 Å². The zero-order valence-corrected chi connectivity index (χ0v) is 13.4. The van der Waals surface area contributed by atoms with E-state index < -0.39 is 0 Å². The maximum absolute atomic E-state index is 11.7. The van der Waals surface area contributed by atoms with E-state index in [0.29, 0.717) is 12.2 Å². The van der Waals surface area contributed by atoms with Crippen LogP contribution in [0.2, 0.25) is 0 Å². The van der Waals surface area contributed by atoms with Crippen molar-refractivity contribution in [2.24, 2.45) is 0 Å². The third-order valence-electron chi connectivity index (χ3n) is 3.07. The molecular formula is C15H23BrN2O. The Bertz CT molecular complexity index is 407. The molecule has 1 heterocycles. The fraction of sp³-hybridized carbons (Fsp3) is 0.600. The van der Waals surface area contributed by atoms with Gasteiger partial charge in [-0.3, -0.25) is 4.79 Å². The summed E-state index contributed by atoms with van der Waals surface area (Å²) in [6, 6.07) is 1.88. The predicted octanol–water partition coefficient (Wildman–Crippen LogP) is 4.84. The number of halogens is 1. The molecule has 106 valence electrons. The summed E-state index contributed by atoms with van der Waals surface area (Å²) in [6.45, 7) is 4.19. The van der Waals surface area contributed by atoms with Gasteiger partial charge in [-0.2, -0.15) is 0 Å². The zero-order valence-electron chi connectivity index (χ0n) is 11.8. The fourth-order valence-corrected chi connectivity index (χ4v) is 2.10. The number of nitrogens with zero attached hydrogens (tertiary/aromatic N) is 1. The molecule has 0 saturated heterocycles. The first kappa shape index (κ1) is 16.2. The van der Waals surface area contributed by atoms with Crippen LogP contribution in [-0.2, 0) is 4.79 Å². The van der Waals surface area contributed by atoms with Gasteiger partial charge in [0.1, 0.15) is 5.82 Å². The van der Waals surface area contributed by atoms with E-state index >= 15 is 0 Å². The molecular weight excluding hydrogens is 304 g/mol. The first-order valence-corrected chi connectivity index (χ1v) is 7.84. The molecule has 0 radical (unpaired) electrons. The Balaban J connectivity index is 2.21. The average molecular weight is 327 g/mol. The van der Waals surface area contributed by atoms with Crippen LogP contribution in [-0.4, -0.2) is 10.9 Å². The highest BCUT2D eigenvalue weighted by molar-refractivity contribution is 9.10. The number of hydrogen-bond donors (Lipinski definition) is 1.